The van der Waals surface area contributed by atoms with Gasteiger partial charge in [-0.05, 0) is 18.2 Å². The Balaban J connectivity index is 0.00000208. The summed E-state index contributed by atoms with van der Waals surface area (Å²) in [5.41, 5.74) is -0.725. The molecule has 2 heterocycles. The Bertz CT molecular complexity index is 960. The number of anilines is 2. The van der Waals surface area contributed by atoms with Gasteiger partial charge in [-0.15, -0.1) is 0 Å². The maximum absolute atomic E-state index is 13.9. The van der Waals surface area contributed by atoms with Crippen molar-refractivity contribution in [3.8, 4) is 0 Å². The van der Waals surface area contributed by atoms with Crippen LogP contribution in [0, 0.1) is 11.6 Å². The van der Waals surface area contributed by atoms with Crippen molar-refractivity contribution < 1.29 is 13.9 Å². The molecule has 2 aromatic heterocycles. The second-order valence-corrected chi connectivity index (χ2v) is 5.17. The molecule has 0 amide bonds. The molecule has 1 aromatic carbocycles. The summed E-state index contributed by atoms with van der Waals surface area (Å²) in [6, 6.07) is 7.20. The molecule has 0 fully saturated rings. The number of nitrogens with one attached hydrogen (secondary N) is 1. The normalized spacial score (nSPS) is 10.5. The summed E-state index contributed by atoms with van der Waals surface area (Å²) in [6.07, 6.45) is 0.816. The molecular weight excluding hydrogens is 340 g/mol. The predicted molar refractivity (Wildman–Crippen MR) is 88.8 cm³/mol. The average molecular weight is 354 g/mol. The highest BCUT2D eigenvalue weighted by atomic mass is 35.5. The summed E-state index contributed by atoms with van der Waals surface area (Å²) in [6.45, 7) is -0.643. The van der Waals surface area contributed by atoms with Gasteiger partial charge >= 0.3 is 0 Å². The van der Waals surface area contributed by atoms with Gasteiger partial charge in [0.1, 0.15) is 11.6 Å². The van der Waals surface area contributed by atoms with Crippen LogP contribution in [-0.4, -0.2) is 14.5 Å². The summed E-state index contributed by atoms with van der Waals surface area (Å²) in [4.78, 5) is 16.3. The average Bonchev–Trinajstić information content (AvgIpc) is 2.49. The molecular formula is C16H14ClF2N3O2. The van der Waals surface area contributed by atoms with E-state index in [0.717, 1.165) is 10.6 Å². The van der Waals surface area contributed by atoms with E-state index in [1.54, 1.807) is 24.3 Å². The topological polar surface area (TPSA) is 66.6 Å². The number of hydrogen-bond donors (Lipinski definition) is 2. The van der Waals surface area contributed by atoms with Crippen molar-refractivity contribution in [2.45, 2.75) is 14.0 Å². The minimum atomic E-state index is -0.985. The van der Waals surface area contributed by atoms with Crippen molar-refractivity contribution in [1.29, 1.82) is 0 Å². The van der Waals surface area contributed by atoms with Gasteiger partial charge in [0.25, 0.3) is 5.56 Å². The zero-order valence-electron chi connectivity index (χ0n) is 11.6. The minimum Gasteiger partial charge on any atom is -0.391 e. The van der Waals surface area contributed by atoms with Crippen LogP contribution in [0.5, 0.6) is 0 Å². The first kappa shape index (κ1) is 17.8. The van der Waals surface area contributed by atoms with E-state index in [9.17, 15) is 18.7 Å². The van der Waals surface area contributed by atoms with Gasteiger partial charge in [0, 0.05) is 16.8 Å². The molecule has 3 rings (SSSR count). The number of aliphatic hydroxyl groups excluding tert-OH is 1. The van der Waals surface area contributed by atoms with Gasteiger partial charge in [0.15, 0.2) is 11.5 Å². The minimum absolute atomic E-state index is 0. The molecule has 0 unspecified atom stereocenters. The van der Waals surface area contributed by atoms with Crippen LogP contribution in [-0.2, 0) is 6.61 Å². The van der Waals surface area contributed by atoms with E-state index >= 15 is 0 Å². The number of aliphatic hydroxyl groups is 1. The Labute approximate surface area is 141 Å². The molecule has 8 heteroatoms. The van der Waals surface area contributed by atoms with Crippen LogP contribution in [0.3, 0.4) is 0 Å². The summed E-state index contributed by atoms with van der Waals surface area (Å²) in [5, 5.41) is 12.7. The number of nitrogens with zero attached hydrogens (tertiary/aromatic N) is 2. The number of hydrogen-bond acceptors (Lipinski definition) is 4. The van der Waals surface area contributed by atoms with E-state index in [0.29, 0.717) is 16.8 Å². The first-order valence-corrected chi connectivity index (χ1v) is 6.91. The van der Waals surface area contributed by atoms with Gasteiger partial charge in [0.05, 0.1) is 18.4 Å². The molecule has 0 aliphatic carbocycles. The van der Waals surface area contributed by atoms with Crippen molar-refractivity contribution in [3.05, 3.63) is 69.1 Å². The Morgan fingerprint density at radius 1 is 1.29 bits per heavy atom. The van der Waals surface area contributed by atoms with Crippen LogP contribution in [0.2, 0.25) is 5.02 Å². The first-order valence-electron chi connectivity index (χ1n) is 6.53. The van der Waals surface area contributed by atoms with Crippen LogP contribution in [0.25, 0.3) is 5.65 Å². The largest absolute Gasteiger partial charge is 0.391 e. The van der Waals surface area contributed by atoms with Gasteiger partial charge in [-0.25, -0.2) is 13.8 Å². The molecule has 24 heavy (non-hydrogen) atoms. The van der Waals surface area contributed by atoms with Crippen LogP contribution < -0.4 is 10.9 Å². The second-order valence-electron chi connectivity index (χ2n) is 4.74. The molecule has 0 saturated heterocycles. The fourth-order valence-electron chi connectivity index (χ4n) is 2.15. The van der Waals surface area contributed by atoms with Crippen LogP contribution >= 0.6 is 11.6 Å². The molecule has 5 nitrogen and oxygen atoms in total. The van der Waals surface area contributed by atoms with Crippen LogP contribution in [0.4, 0.5) is 20.3 Å². The van der Waals surface area contributed by atoms with Crippen molar-refractivity contribution in [2.75, 3.05) is 5.32 Å². The molecule has 0 bridgehead atoms. The molecule has 126 valence electrons. The molecule has 0 saturated carbocycles. The Morgan fingerprint density at radius 2 is 2.04 bits per heavy atom. The van der Waals surface area contributed by atoms with Gasteiger partial charge in [-0.2, -0.15) is 0 Å². The Morgan fingerprint density at radius 3 is 2.71 bits per heavy atom. The molecule has 3 aromatic rings. The highest BCUT2D eigenvalue weighted by Gasteiger charge is 2.16. The molecule has 0 radical (unpaired) electrons. The van der Waals surface area contributed by atoms with Crippen molar-refractivity contribution in [1.82, 2.24) is 9.38 Å². The third-order valence-corrected chi connectivity index (χ3v) is 3.42. The third kappa shape index (κ3) is 3.22. The number of halogens is 3. The fourth-order valence-corrected chi connectivity index (χ4v) is 2.34. The lowest BCUT2D eigenvalue weighted by Crippen LogP contribution is -2.23. The Hall–Kier alpha value is -2.51. The SMILES string of the molecule is C.O=c1c(CO)c(Nc2cccc(Cl)c2)nc2c(F)cc(F)cn12. The highest BCUT2D eigenvalue weighted by Crippen LogP contribution is 2.21. The number of rotatable bonds is 3. The molecule has 0 aliphatic rings. The van der Waals surface area contributed by atoms with Crippen molar-refractivity contribution >= 4 is 28.8 Å². The first-order chi connectivity index (χ1) is 11.0. The summed E-state index contributed by atoms with van der Waals surface area (Å²) >= 11 is 5.88. The zero-order valence-corrected chi connectivity index (χ0v) is 12.3. The number of aromatic nitrogens is 2. The van der Waals surface area contributed by atoms with Crippen molar-refractivity contribution in [3.63, 3.8) is 0 Å². The Kier molecular flexibility index (Phi) is 5.16. The van der Waals surface area contributed by atoms with Crippen molar-refractivity contribution in [2.24, 2.45) is 0 Å². The lowest BCUT2D eigenvalue weighted by molar-refractivity contribution is 0.280. The maximum Gasteiger partial charge on any atom is 0.265 e. The summed E-state index contributed by atoms with van der Waals surface area (Å²) in [5.74, 6) is -1.93. The number of fused-ring (bicyclic) bond motifs is 1. The van der Waals surface area contributed by atoms with E-state index in [2.05, 4.69) is 10.3 Å². The lowest BCUT2D eigenvalue weighted by atomic mass is 10.2. The van der Waals surface area contributed by atoms with Crippen LogP contribution in [0.1, 0.15) is 13.0 Å². The zero-order chi connectivity index (χ0) is 16.6. The monoisotopic (exact) mass is 353 g/mol. The summed E-state index contributed by atoms with van der Waals surface area (Å²) in [7, 11) is 0. The summed E-state index contributed by atoms with van der Waals surface area (Å²) < 4.78 is 27.9. The van der Waals surface area contributed by atoms with E-state index in [1.807, 2.05) is 0 Å². The maximum atomic E-state index is 13.9. The second kappa shape index (κ2) is 6.94. The standard InChI is InChI=1S/C15H10ClF2N3O2.CH4/c16-8-2-1-3-10(4-8)19-13-11(7-22)15(23)21-6-9(17)5-12(18)14(21)20-13;/h1-6,19,22H,7H2;1H4. The smallest absolute Gasteiger partial charge is 0.265 e. The number of pyridine rings is 1. The van der Waals surface area contributed by atoms with Gasteiger partial charge in [-0.1, -0.05) is 25.1 Å². The lowest BCUT2D eigenvalue weighted by Gasteiger charge is -2.12. The molecule has 0 spiro atoms. The third-order valence-electron chi connectivity index (χ3n) is 3.18. The van der Waals surface area contributed by atoms with Crippen LogP contribution in [0.15, 0.2) is 41.3 Å². The van der Waals surface area contributed by atoms with E-state index < -0.39 is 23.8 Å². The van der Waals surface area contributed by atoms with Gasteiger partial charge in [0.2, 0.25) is 0 Å². The van der Waals surface area contributed by atoms with E-state index in [4.69, 9.17) is 11.6 Å². The van der Waals surface area contributed by atoms with E-state index in [1.165, 1.54) is 0 Å². The quantitative estimate of drug-likeness (QED) is 0.756. The molecule has 0 atom stereocenters. The predicted octanol–water partition coefficient (Wildman–Crippen LogP) is 3.50. The fraction of sp³-hybridized carbons (Fsp3) is 0.125. The van der Waals surface area contributed by atoms with Gasteiger partial charge < -0.3 is 10.4 Å². The highest BCUT2D eigenvalue weighted by molar-refractivity contribution is 6.30. The molecule has 2 N–H and O–H groups in total. The number of benzene rings is 1. The van der Waals surface area contributed by atoms with Gasteiger partial charge in [-0.3, -0.25) is 9.20 Å². The van der Waals surface area contributed by atoms with E-state index in [-0.39, 0.29) is 24.5 Å². The molecule has 0 aliphatic heterocycles.